The Kier molecular flexibility index (Phi) is 6.01. The molecule has 0 saturated heterocycles. The Labute approximate surface area is 170 Å². The van der Waals surface area contributed by atoms with Gasteiger partial charge in [0.15, 0.2) is 0 Å². The summed E-state index contributed by atoms with van der Waals surface area (Å²) in [6.45, 7) is 0.368. The number of amides is 1. The predicted octanol–water partition coefficient (Wildman–Crippen LogP) is 4.18. The molecule has 0 bridgehead atoms. The zero-order valence-electron chi connectivity index (χ0n) is 13.6. The van der Waals surface area contributed by atoms with E-state index in [2.05, 4.69) is 15.0 Å². The molecule has 27 heavy (non-hydrogen) atoms. The molecule has 3 aromatic rings. The number of carbonyl (C=O) groups is 1. The standard InChI is InChI=1S/C17H13Cl2N3O3S2/c18-15-9-14(16(19)26-15)27(24,25)22-13-3-1-12(2-4-13)17(23)21-10-11-5-7-20-8-6-11/h1-9,22H,10H2,(H,21,23). The van der Waals surface area contributed by atoms with E-state index in [1.807, 2.05) is 0 Å². The number of aromatic nitrogens is 1. The fourth-order valence-corrected chi connectivity index (χ4v) is 5.40. The molecule has 1 amide bonds. The van der Waals surface area contributed by atoms with E-state index < -0.39 is 10.0 Å². The van der Waals surface area contributed by atoms with Crippen molar-refractivity contribution in [1.29, 1.82) is 0 Å². The Morgan fingerprint density at radius 3 is 2.33 bits per heavy atom. The summed E-state index contributed by atoms with van der Waals surface area (Å²) in [5.41, 5.74) is 1.64. The first-order valence-electron chi connectivity index (χ1n) is 7.60. The second kappa shape index (κ2) is 8.26. The van der Waals surface area contributed by atoms with Crippen LogP contribution in [0.3, 0.4) is 0 Å². The molecule has 0 unspecified atom stereocenters. The monoisotopic (exact) mass is 441 g/mol. The highest BCUT2D eigenvalue weighted by atomic mass is 35.5. The van der Waals surface area contributed by atoms with Crippen LogP contribution in [-0.4, -0.2) is 19.3 Å². The maximum Gasteiger partial charge on any atom is 0.264 e. The van der Waals surface area contributed by atoms with Crippen molar-refractivity contribution >= 4 is 56.2 Å². The second-order valence-corrected chi connectivity index (χ2v) is 9.35. The van der Waals surface area contributed by atoms with Gasteiger partial charge < -0.3 is 5.32 Å². The number of hydrogen-bond donors (Lipinski definition) is 2. The predicted molar refractivity (Wildman–Crippen MR) is 107 cm³/mol. The van der Waals surface area contributed by atoms with Crippen LogP contribution in [0.15, 0.2) is 59.8 Å². The third-order valence-corrected chi connectivity index (χ3v) is 6.65. The average Bonchev–Trinajstić information content (AvgIpc) is 3.00. The number of hydrogen-bond acceptors (Lipinski definition) is 5. The largest absolute Gasteiger partial charge is 0.348 e. The van der Waals surface area contributed by atoms with Gasteiger partial charge in [0.2, 0.25) is 0 Å². The van der Waals surface area contributed by atoms with E-state index in [0.29, 0.717) is 17.8 Å². The Morgan fingerprint density at radius 2 is 1.74 bits per heavy atom. The van der Waals surface area contributed by atoms with Gasteiger partial charge in [0.25, 0.3) is 15.9 Å². The van der Waals surface area contributed by atoms with Crippen LogP contribution in [-0.2, 0) is 16.6 Å². The van der Waals surface area contributed by atoms with Crippen LogP contribution in [0, 0.1) is 0 Å². The fraction of sp³-hybridized carbons (Fsp3) is 0.0588. The van der Waals surface area contributed by atoms with Crippen molar-refractivity contribution in [2.24, 2.45) is 0 Å². The van der Waals surface area contributed by atoms with Crippen molar-refractivity contribution in [2.75, 3.05) is 4.72 Å². The van der Waals surface area contributed by atoms with Crippen LogP contribution in [0.2, 0.25) is 8.67 Å². The van der Waals surface area contributed by atoms with Crippen LogP contribution < -0.4 is 10.0 Å². The molecule has 1 aromatic carbocycles. The Balaban J connectivity index is 1.66. The quantitative estimate of drug-likeness (QED) is 0.600. The lowest BCUT2D eigenvalue weighted by molar-refractivity contribution is 0.0951. The molecule has 6 nitrogen and oxygen atoms in total. The molecule has 3 rings (SSSR count). The third kappa shape index (κ3) is 4.98. The first kappa shape index (κ1) is 19.6. The summed E-state index contributed by atoms with van der Waals surface area (Å²) in [6, 6.07) is 11.0. The molecule has 0 radical (unpaired) electrons. The van der Waals surface area contributed by atoms with Gasteiger partial charge in [-0.15, -0.1) is 11.3 Å². The van der Waals surface area contributed by atoms with Gasteiger partial charge in [-0.25, -0.2) is 8.42 Å². The van der Waals surface area contributed by atoms with Gasteiger partial charge in [-0.2, -0.15) is 0 Å². The van der Waals surface area contributed by atoms with Crippen LogP contribution >= 0.6 is 34.5 Å². The second-order valence-electron chi connectivity index (χ2n) is 5.41. The number of thiophene rings is 1. The average molecular weight is 442 g/mol. The Bertz CT molecular complexity index is 1050. The summed E-state index contributed by atoms with van der Waals surface area (Å²) >= 11 is 12.7. The van der Waals surface area contributed by atoms with Crippen molar-refractivity contribution in [1.82, 2.24) is 10.3 Å². The number of benzene rings is 1. The fourth-order valence-electron chi connectivity index (χ4n) is 2.19. The van der Waals surface area contributed by atoms with E-state index in [1.165, 1.54) is 30.3 Å². The molecule has 10 heteroatoms. The molecular formula is C17H13Cl2N3O3S2. The van der Waals surface area contributed by atoms with Gasteiger partial charge in [0, 0.05) is 30.2 Å². The van der Waals surface area contributed by atoms with Gasteiger partial charge in [0.1, 0.15) is 9.23 Å². The number of sulfonamides is 1. The molecular weight excluding hydrogens is 429 g/mol. The molecule has 0 aliphatic rings. The molecule has 0 aliphatic heterocycles. The van der Waals surface area contributed by atoms with E-state index in [9.17, 15) is 13.2 Å². The maximum atomic E-state index is 12.4. The molecule has 0 spiro atoms. The molecule has 0 atom stereocenters. The van der Waals surface area contributed by atoms with Crippen LogP contribution in [0.4, 0.5) is 5.69 Å². The normalized spacial score (nSPS) is 11.2. The topological polar surface area (TPSA) is 88.2 Å². The summed E-state index contributed by atoms with van der Waals surface area (Å²) in [5, 5.41) is 2.78. The first-order valence-corrected chi connectivity index (χ1v) is 10.7. The summed E-state index contributed by atoms with van der Waals surface area (Å²) in [6.07, 6.45) is 3.30. The number of halogens is 2. The molecule has 0 saturated carbocycles. The van der Waals surface area contributed by atoms with Crippen LogP contribution in [0.5, 0.6) is 0 Å². The molecule has 2 heterocycles. The third-order valence-electron chi connectivity index (χ3n) is 3.52. The van der Waals surface area contributed by atoms with Crippen molar-refractivity contribution in [2.45, 2.75) is 11.4 Å². The lowest BCUT2D eigenvalue weighted by atomic mass is 10.2. The summed E-state index contributed by atoms with van der Waals surface area (Å²) in [4.78, 5) is 16.0. The summed E-state index contributed by atoms with van der Waals surface area (Å²) in [5.74, 6) is -0.270. The highest BCUT2D eigenvalue weighted by Gasteiger charge is 2.21. The number of pyridine rings is 1. The van der Waals surface area contributed by atoms with E-state index in [1.54, 1.807) is 24.5 Å². The van der Waals surface area contributed by atoms with E-state index in [0.717, 1.165) is 16.9 Å². The zero-order chi connectivity index (χ0) is 19.4. The van der Waals surface area contributed by atoms with Crippen molar-refractivity contribution in [3.63, 3.8) is 0 Å². The van der Waals surface area contributed by atoms with Crippen LogP contribution in [0.25, 0.3) is 0 Å². The van der Waals surface area contributed by atoms with Gasteiger partial charge in [-0.3, -0.25) is 14.5 Å². The van der Waals surface area contributed by atoms with E-state index in [4.69, 9.17) is 23.2 Å². The van der Waals surface area contributed by atoms with Gasteiger partial charge in [-0.05, 0) is 48.0 Å². The molecule has 2 aromatic heterocycles. The van der Waals surface area contributed by atoms with Gasteiger partial charge in [0.05, 0.1) is 4.34 Å². The van der Waals surface area contributed by atoms with Crippen molar-refractivity contribution < 1.29 is 13.2 Å². The number of rotatable bonds is 6. The Morgan fingerprint density at radius 1 is 1.07 bits per heavy atom. The first-order chi connectivity index (χ1) is 12.8. The molecule has 0 fully saturated rings. The minimum absolute atomic E-state index is 0.0830. The number of anilines is 1. The minimum atomic E-state index is -3.86. The van der Waals surface area contributed by atoms with Gasteiger partial charge in [-0.1, -0.05) is 23.2 Å². The highest BCUT2D eigenvalue weighted by molar-refractivity contribution is 7.93. The smallest absolute Gasteiger partial charge is 0.264 e. The number of carbonyl (C=O) groups excluding carboxylic acids is 1. The van der Waals surface area contributed by atoms with E-state index in [-0.39, 0.29) is 19.5 Å². The van der Waals surface area contributed by atoms with Crippen molar-refractivity contribution in [3.05, 3.63) is 74.7 Å². The number of nitrogens with zero attached hydrogens (tertiary/aromatic N) is 1. The minimum Gasteiger partial charge on any atom is -0.348 e. The SMILES string of the molecule is O=C(NCc1ccncc1)c1ccc(NS(=O)(=O)c2cc(Cl)sc2Cl)cc1. The lowest BCUT2D eigenvalue weighted by Gasteiger charge is -2.09. The number of nitrogens with one attached hydrogen (secondary N) is 2. The van der Waals surface area contributed by atoms with Gasteiger partial charge >= 0.3 is 0 Å². The summed E-state index contributed by atoms with van der Waals surface area (Å²) in [7, 11) is -3.86. The van der Waals surface area contributed by atoms with Crippen molar-refractivity contribution in [3.8, 4) is 0 Å². The zero-order valence-corrected chi connectivity index (χ0v) is 16.8. The summed E-state index contributed by atoms with van der Waals surface area (Å²) < 4.78 is 27.5. The molecule has 0 aliphatic carbocycles. The van der Waals surface area contributed by atoms with E-state index >= 15 is 0 Å². The Hall–Kier alpha value is -2.13. The lowest BCUT2D eigenvalue weighted by Crippen LogP contribution is -2.22. The highest BCUT2D eigenvalue weighted by Crippen LogP contribution is 2.35. The molecule has 140 valence electrons. The van der Waals surface area contributed by atoms with Crippen LogP contribution in [0.1, 0.15) is 15.9 Å². The maximum absolute atomic E-state index is 12.4. The molecule has 2 N–H and O–H groups in total.